The van der Waals surface area contributed by atoms with E-state index in [4.69, 9.17) is 5.73 Å². The summed E-state index contributed by atoms with van der Waals surface area (Å²) in [5, 5.41) is 4.16. The van der Waals surface area contributed by atoms with Crippen LogP contribution in [0.5, 0.6) is 0 Å². The van der Waals surface area contributed by atoms with Crippen molar-refractivity contribution >= 4 is 17.3 Å². The molecule has 1 aromatic carbocycles. The van der Waals surface area contributed by atoms with Gasteiger partial charge in [0.2, 0.25) is 5.91 Å². The van der Waals surface area contributed by atoms with Crippen molar-refractivity contribution in [2.75, 3.05) is 17.2 Å². The van der Waals surface area contributed by atoms with Gasteiger partial charge in [-0.15, -0.1) is 0 Å². The molecule has 1 aromatic heterocycles. The van der Waals surface area contributed by atoms with E-state index in [1.54, 1.807) is 17.1 Å². The van der Waals surface area contributed by atoms with E-state index in [2.05, 4.69) is 11.2 Å². The van der Waals surface area contributed by atoms with Gasteiger partial charge in [0.05, 0.1) is 18.4 Å². The fourth-order valence-electron chi connectivity index (χ4n) is 2.63. The van der Waals surface area contributed by atoms with E-state index in [0.29, 0.717) is 25.2 Å². The Morgan fingerprint density at radius 3 is 2.85 bits per heavy atom. The molecule has 1 amide bonds. The number of para-hydroxylation sites is 1. The molecule has 2 heterocycles. The smallest absolute Gasteiger partial charge is 0.227 e. The monoisotopic (exact) mass is 270 g/mol. The molecule has 0 saturated heterocycles. The van der Waals surface area contributed by atoms with Crippen LogP contribution in [0.4, 0.5) is 11.4 Å². The molecule has 0 unspecified atom stereocenters. The Morgan fingerprint density at radius 1 is 1.20 bits per heavy atom. The summed E-state index contributed by atoms with van der Waals surface area (Å²) in [5.74, 6) is 0.190. The maximum atomic E-state index is 12.3. The Balaban J connectivity index is 1.81. The van der Waals surface area contributed by atoms with Crippen molar-refractivity contribution in [2.45, 2.75) is 25.8 Å². The lowest BCUT2D eigenvalue weighted by atomic mass is 10.1. The van der Waals surface area contributed by atoms with E-state index in [1.165, 1.54) is 5.56 Å². The summed E-state index contributed by atoms with van der Waals surface area (Å²) in [6, 6.07) is 8.14. The summed E-state index contributed by atoms with van der Waals surface area (Å²) in [4.78, 5) is 14.2. The van der Waals surface area contributed by atoms with Crippen LogP contribution in [0.25, 0.3) is 0 Å². The Kier molecular flexibility index (Phi) is 3.41. The third-order valence-electron chi connectivity index (χ3n) is 3.63. The number of nitrogen functional groups attached to an aromatic ring is 1. The van der Waals surface area contributed by atoms with Crippen LogP contribution in [-0.4, -0.2) is 22.2 Å². The summed E-state index contributed by atoms with van der Waals surface area (Å²) >= 11 is 0. The van der Waals surface area contributed by atoms with Gasteiger partial charge in [0.25, 0.3) is 0 Å². The summed E-state index contributed by atoms with van der Waals surface area (Å²) in [7, 11) is 0. The number of carbonyl (C=O) groups excluding carboxylic acids is 1. The molecular weight excluding hydrogens is 252 g/mol. The topological polar surface area (TPSA) is 64.2 Å². The first-order chi connectivity index (χ1) is 9.74. The lowest BCUT2D eigenvalue weighted by molar-refractivity contribution is -0.118. The number of carbonyl (C=O) groups is 1. The minimum atomic E-state index is 0.190. The molecule has 1 aliphatic heterocycles. The molecule has 3 rings (SSSR count). The third-order valence-corrected chi connectivity index (χ3v) is 3.63. The number of hydrogen-bond donors (Lipinski definition) is 1. The van der Waals surface area contributed by atoms with Gasteiger partial charge in [-0.2, -0.15) is 5.10 Å². The Hall–Kier alpha value is -2.30. The zero-order valence-corrected chi connectivity index (χ0v) is 11.3. The molecule has 0 bridgehead atoms. The molecule has 0 atom stereocenters. The van der Waals surface area contributed by atoms with Crippen molar-refractivity contribution < 1.29 is 4.79 Å². The zero-order chi connectivity index (χ0) is 13.9. The lowest BCUT2D eigenvalue weighted by Gasteiger charge is -2.23. The van der Waals surface area contributed by atoms with Gasteiger partial charge in [-0.25, -0.2) is 0 Å². The predicted molar refractivity (Wildman–Crippen MR) is 78.4 cm³/mol. The minimum Gasteiger partial charge on any atom is -0.396 e. The normalized spacial score (nSPS) is 15.0. The van der Waals surface area contributed by atoms with Crippen LogP contribution < -0.4 is 10.6 Å². The van der Waals surface area contributed by atoms with Crippen LogP contribution in [0, 0.1) is 0 Å². The highest BCUT2D eigenvalue weighted by Gasteiger charge is 2.21. The van der Waals surface area contributed by atoms with E-state index < -0.39 is 0 Å². The number of aromatic nitrogens is 2. The number of anilines is 2. The van der Waals surface area contributed by atoms with Crippen molar-refractivity contribution in [3.8, 4) is 0 Å². The summed E-state index contributed by atoms with van der Waals surface area (Å²) in [6.07, 6.45) is 5.90. The molecule has 5 nitrogen and oxygen atoms in total. The van der Waals surface area contributed by atoms with Crippen LogP contribution in [-0.2, 0) is 17.8 Å². The van der Waals surface area contributed by atoms with Crippen molar-refractivity contribution in [1.82, 2.24) is 9.78 Å². The van der Waals surface area contributed by atoms with Crippen LogP contribution >= 0.6 is 0 Å². The van der Waals surface area contributed by atoms with Crippen molar-refractivity contribution in [2.24, 2.45) is 0 Å². The first-order valence-corrected chi connectivity index (χ1v) is 6.90. The summed E-state index contributed by atoms with van der Waals surface area (Å²) in [5.41, 5.74) is 8.58. The van der Waals surface area contributed by atoms with Crippen LogP contribution in [0.15, 0.2) is 36.7 Å². The lowest BCUT2D eigenvalue weighted by Crippen LogP contribution is -2.33. The molecule has 20 heavy (non-hydrogen) atoms. The first kappa shape index (κ1) is 12.7. The van der Waals surface area contributed by atoms with Crippen LogP contribution in [0.1, 0.15) is 18.4 Å². The first-order valence-electron chi connectivity index (χ1n) is 6.90. The second kappa shape index (κ2) is 5.36. The van der Waals surface area contributed by atoms with Crippen LogP contribution in [0.3, 0.4) is 0 Å². The standard InChI is InChI=1S/C15H18N4O/c16-13-10-17-18(11-13)8-9-19-14-6-2-1-4-12(14)5-3-7-15(19)20/h1-2,4,6,10-11H,3,5,7-9,16H2. The minimum absolute atomic E-state index is 0.190. The summed E-state index contributed by atoms with van der Waals surface area (Å²) < 4.78 is 1.77. The molecule has 5 heteroatoms. The molecule has 0 fully saturated rings. The van der Waals surface area contributed by atoms with Crippen molar-refractivity contribution in [3.63, 3.8) is 0 Å². The van der Waals surface area contributed by atoms with E-state index in [-0.39, 0.29) is 5.91 Å². The molecule has 0 aliphatic carbocycles. The maximum absolute atomic E-state index is 12.3. The number of amides is 1. The number of benzene rings is 1. The second-order valence-electron chi connectivity index (χ2n) is 5.06. The molecule has 104 valence electrons. The third kappa shape index (κ3) is 2.52. The largest absolute Gasteiger partial charge is 0.396 e. The van der Waals surface area contributed by atoms with Gasteiger partial charge in [-0.05, 0) is 24.5 Å². The van der Waals surface area contributed by atoms with E-state index in [9.17, 15) is 4.79 Å². The Bertz CT molecular complexity index is 620. The molecule has 0 spiro atoms. The Labute approximate surface area is 118 Å². The van der Waals surface area contributed by atoms with Gasteiger partial charge in [0, 0.05) is 24.8 Å². The quantitative estimate of drug-likeness (QED) is 0.925. The average molecular weight is 270 g/mol. The molecule has 2 N–H and O–H groups in total. The highest BCUT2D eigenvalue weighted by Crippen LogP contribution is 2.26. The van der Waals surface area contributed by atoms with E-state index in [1.807, 2.05) is 23.1 Å². The maximum Gasteiger partial charge on any atom is 0.227 e. The van der Waals surface area contributed by atoms with Crippen LogP contribution in [0.2, 0.25) is 0 Å². The average Bonchev–Trinajstić information content (AvgIpc) is 2.79. The predicted octanol–water partition coefficient (Wildman–Crippen LogP) is 1.83. The number of rotatable bonds is 3. The molecule has 2 aromatic rings. The number of fused-ring (bicyclic) bond motifs is 1. The SMILES string of the molecule is Nc1cnn(CCN2C(=O)CCCc3ccccc32)c1. The molecule has 1 aliphatic rings. The molecule has 0 radical (unpaired) electrons. The van der Waals surface area contributed by atoms with Gasteiger partial charge >= 0.3 is 0 Å². The molecule has 0 saturated carbocycles. The van der Waals surface area contributed by atoms with Gasteiger partial charge in [0.1, 0.15) is 0 Å². The number of nitrogens with zero attached hydrogens (tertiary/aromatic N) is 3. The van der Waals surface area contributed by atoms with E-state index in [0.717, 1.165) is 18.5 Å². The highest BCUT2D eigenvalue weighted by atomic mass is 16.2. The van der Waals surface area contributed by atoms with Gasteiger partial charge in [-0.3, -0.25) is 9.48 Å². The highest BCUT2D eigenvalue weighted by molar-refractivity contribution is 5.94. The van der Waals surface area contributed by atoms with E-state index >= 15 is 0 Å². The zero-order valence-electron chi connectivity index (χ0n) is 11.3. The molecular formula is C15H18N4O. The van der Waals surface area contributed by atoms with Crippen molar-refractivity contribution in [3.05, 3.63) is 42.2 Å². The van der Waals surface area contributed by atoms with Gasteiger partial charge < -0.3 is 10.6 Å². The van der Waals surface area contributed by atoms with Gasteiger partial charge in [-0.1, -0.05) is 18.2 Å². The Morgan fingerprint density at radius 2 is 2.05 bits per heavy atom. The number of nitrogens with two attached hydrogens (primary N) is 1. The fourth-order valence-corrected chi connectivity index (χ4v) is 2.63. The van der Waals surface area contributed by atoms with Gasteiger partial charge in [0.15, 0.2) is 0 Å². The number of aryl methyl sites for hydroxylation is 1. The summed E-state index contributed by atoms with van der Waals surface area (Å²) in [6.45, 7) is 1.27. The van der Waals surface area contributed by atoms with Crippen molar-refractivity contribution in [1.29, 1.82) is 0 Å². The fraction of sp³-hybridized carbons (Fsp3) is 0.333. The second-order valence-corrected chi connectivity index (χ2v) is 5.06. The number of hydrogen-bond acceptors (Lipinski definition) is 3.